The van der Waals surface area contributed by atoms with Crippen molar-refractivity contribution >= 4 is 5.96 Å². The van der Waals surface area contributed by atoms with Gasteiger partial charge in [-0.15, -0.1) is 0 Å². The first-order valence-electron chi connectivity index (χ1n) is 9.59. The summed E-state index contributed by atoms with van der Waals surface area (Å²) in [6.07, 6.45) is 2.73. The lowest BCUT2D eigenvalue weighted by Gasteiger charge is -2.12. The molecule has 7 nitrogen and oxygen atoms in total. The van der Waals surface area contributed by atoms with Crippen molar-refractivity contribution in [2.24, 2.45) is 4.99 Å². The smallest absolute Gasteiger partial charge is 0.213 e. The van der Waals surface area contributed by atoms with Gasteiger partial charge < -0.3 is 24.8 Å². The third-order valence-electron chi connectivity index (χ3n) is 3.79. The minimum Gasteiger partial charge on any atom is -0.490 e. The highest BCUT2D eigenvalue weighted by atomic mass is 16.5. The third kappa shape index (κ3) is 8.73. The fourth-order valence-corrected chi connectivity index (χ4v) is 2.36. The number of hydrogen-bond donors (Lipinski definition) is 2. The first-order valence-corrected chi connectivity index (χ1v) is 9.59. The van der Waals surface area contributed by atoms with Gasteiger partial charge in [0.05, 0.1) is 0 Å². The Balaban J connectivity index is 1.63. The predicted octanol–water partition coefficient (Wildman–Crippen LogP) is 2.63. The quantitative estimate of drug-likeness (QED) is 0.332. The summed E-state index contributed by atoms with van der Waals surface area (Å²) < 4.78 is 16.5. The molecule has 0 saturated heterocycles. The highest BCUT2D eigenvalue weighted by Gasteiger charge is 2.01. The average molecular weight is 386 g/mol. The molecular formula is C21H30N4O3. The van der Waals surface area contributed by atoms with E-state index in [4.69, 9.17) is 14.2 Å². The van der Waals surface area contributed by atoms with Crippen LogP contribution in [-0.4, -0.2) is 51.0 Å². The summed E-state index contributed by atoms with van der Waals surface area (Å²) in [6, 6.07) is 13.5. The largest absolute Gasteiger partial charge is 0.490 e. The van der Waals surface area contributed by atoms with Crippen molar-refractivity contribution in [2.45, 2.75) is 19.9 Å². The molecule has 2 N–H and O–H groups in total. The molecule has 28 heavy (non-hydrogen) atoms. The van der Waals surface area contributed by atoms with Gasteiger partial charge in [-0.25, -0.2) is 4.98 Å². The fourth-order valence-electron chi connectivity index (χ4n) is 2.36. The minimum atomic E-state index is 0.442. The molecule has 0 radical (unpaired) electrons. The third-order valence-corrected chi connectivity index (χ3v) is 3.79. The lowest BCUT2D eigenvalue weighted by Crippen LogP contribution is -2.37. The molecule has 1 aromatic carbocycles. The van der Waals surface area contributed by atoms with Crippen LogP contribution >= 0.6 is 0 Å². The summed E-state index contributed by atoms with van der Waals surface area (Å²) >= 11 is 0. The van der Waals surface area contributed by atoms with Crippen LogP contribution in [0.25, 0.3) is 0 Å². The number of nitrogens with zero attached hydrogens (tertiary/aromatic N) is 2. The molecule has 0 aliphatic carbocycles. The lowest BCUT2D eigenvalue weighted by atomic mass is 10.3. The molecule has 152 valence electrons. The summed E-state index contributed by atoms with van der Waals surface area (Å²) in [6.45, 7) is 5.86. The summed E-state index contributed by atoms with van der Waals surface area (Å²) in [4.78, 5) is 8.54. The number of aliphatic imine (C=N–C) groups is 1. The number of para-hydroxylation sites is 1. The number of rotatable bonds is 12. The number of benzene rings is 1. The molecule has 1 aromatic heterocycles. The topological polar surface area (TPSA) is 77.0 Å². The molecule has 2 rings (SSSR count). The zero-order chi connectivity index (χ0) is 19.9. The highest BCUT2D eigenvalue weighted by molar-refractivity contribution is 5.79. The zero-order valence-corrected chi connectivity index (χ0v) is 16.7. The van der Waals surface area contributed by atoms with Crippen LogP contribution in [0.5, 0.6) is 11.6 Å². The molecule has 1 heterocycles. The Labute approximate surface area is 167 Å². The number of pyridine rings is 1. The molecule has 0 unspecified atom stereocenters. The van der Waals surface area contributed by atoms with Crippen molar-refractivity contribution < 1.29 is 14.2 Å². The number of aromatic nitrogens is 1. The highest BCUT2D eigenvalue weighted by Crippen LogP contribution is 2.09. The van der Waals surface area contributed by atoms with E-state index in [0.717, 1.165) is 43.5 Å². The van der Waals surface area contributed by atoms with E-state index >= 15 is 0 Å². The average Bonchev–Trinajstić information content (AvgIpc) is 2.75. The van der Waals surface area contributed by atoms with Gasteiger partial charge in [0.2, 0.25) is 5.88 Å². The maximum absolute atomic E-state index is 5.61. The number of guanidine groups is 1. The number of nitrogens with one attached hydrogen (secondary N) is 2. The zero-order valence-electron chi connectivity index (χ0n) is 16.7. The van der Waals surface area contributed by atoms with Gasteiger partial charge in [0, 0.05) is 45.6 Å². The molecular weight excluding hydrogens is 356 g/mol. The van der Waals surface area contributed by atoms with Crippen LogP contribution < -0.4 is 20.1 Å². The second-order valence-electron chi connectivity index (χ2n) is 5.92. The van der Waals surface area contributed by atoms with E-state index in [2.05, 4.69) is 20.6 Å². The fraction of sp³-hybridized carbons (Fsp3) is 0.429. The van der Waals surface area contributed by atoms with Crippen molar-refractivity contribution in [3.05, 3.63) is 54.2 Å². The van der Waals surface area contributed by atoms with E-state index in [-0.39, 0.29) is 0 Å². The van der Waals surface area contributed by atoms with Crippen LogP contribution in [0.15, 0.2) is 53.7 Å². The Morgan fingerprint density at radius 3 is 2.54 bits per heavy atom. The molecule has 7 heteroatoms. The molecule has 0 bridgehead atoms. The molecule has 0 spiro atoms. The molecule has 2 aromatic rings. The molecule has 0 aliphatic heterocycles. The van der Waals surface area contributed by atoms with Crippen LogP contribution in [0, 0.1) is 0 Å². The Morgan fingerprint density at radius 2 is 1.82 bits per heavy atom. The molecule has 0 atom stereocenters. The van der Waals surface area contributed by atoms with Crippen LogP contribution in [0.2, 0.25) is 0 Å². The number of hydrogen-bond acceptors (Lipinski definition) is 5. The van der Waals surface area contributed by atoms with E-state index in [1.165, 1.54) is 0 Å². The van der Waals surface area contributed by atoms with Gasteiger partial charge in [-0.05, 0) is 31.0 Å². The van der Waals surface area contributed by atoms with Gasteiger partial charge >= 0.3 is 0 Å². The summed E-state index contributed by atoms with van der Waals surface area (Å²) in [5.41, 5.74) is 1.05. The first-order chi connectivity index (χ1) is 13.8. The monoisotopic (exact) mass is 386 g/mol. The molecule has 0 amide bonds. The second kappa shape index (κ2) is 13.4. The van der Waals surface area contributed by atoms with E-state index in [9.17, 15) is 0 Å². The lowest BCUT2D eigenvalue weighted by molar-refractivity contribution is 0.145. The Morgan fingerprint density at radius 1 is 1.00 bits per heavy atom. The van der Waals surface area contributed by atoms with E-state index in [1.807, 2.05) is 49.4 Å². The van der Waals surface area contributed by atoms with Gasteiger partial charge in [0.1, 0.15) is 19.0 Å². The summed E-state index contributed by atoms with van der Waals surface area (Å²) in [5, 5.41) is 6.52. The first kappa shape index (κ1) is 21.5. The van der Waals surface area contributed by atoms with Crippen molar-refractivity contribution in [1.82, 2.24) is 15.6 Å². The molecule has 0 fully saturated rings. The second-order valence-corrected chi connectivity index (χ2v) is 5.92. The minimum absolute atomic E-state index is 0.442. The van der Waals surface area contributed by atoms with E-state index in [0.29, 0.717) is 25.6 Å². The SMILES string of the molecule is CCOCCCNC(=NC)NCc1ccc(OCCOc2ccccc2)nc1. The maximum atomic E-state index is 5.61. The Hall–Kier alpha value is -2.80. The van der Waals surface area contributed by atoms with Gasteiger partial charge in [-0.2, -0.15) is 0 Å². The Kier molecular flexibility index (Phi) is 10.3. The summed E-state index contributed by atoms with van der Waals surface area (Å²) in [7, 11) is 1.75. The van der Waals surface area contributed by atoms with Gasteiger partial charge in [-0.3, -0.25) is 4.99 Å². The molecule has 0 saturated carbocycles. The van der Waals surface area contributed by atoms with Crippen molar-refractivity contribution in [2.75, 3.05) is 40.0 Å². The Bertz CT molecular complexity index is 678. The van der Waals surface area contributed by atoms with Crippen LogP contribution in [0.1, 0.15) is 18.9 Å². The predicted molar refractivity (Wildman–Crippen MR) is 111 cm³/mol. The van der Waals surface area contributed by atoms with Gasteiger partial charge in [-0.1, -0.05) is 24.3 Å². The summed E-state index contributed by atoms with van der Waals surface area (Å²) in [5.74, 6) is 2.18. The van der Waals surface area contributed by atoms with Gasteiger partial charge in [0.15, 0.2) is 5.96 Å². The van der Waals surface area contributed by atoms with E-state index < -0.39 is 0 Å². The van der Waals surface area contributed by atoms with Crippen molar-refractivity contribution in [3.8, 4) is 11.6 Å². The maximum Gasteiger partial charge on any atom is 0.213 e. The van der Waals surface area contributed by atoms with Gasteiger partial charge in [0.25, 0.3) is 0 Å². The molecule has 0 aliphatic rings. The van der Waals surface area contributed by atoms with Crippen LogP contribution in [0.4, 0.5) is 0 Å². The normalized spacial score (nSPS) is 11.1. The van der Waals surface area contributed by atoms with Crippen molar-refractivity contribution in [3.63, 3.8) is 0 Å². The number of ether oxygens (including phenoxy) is 3. The van der Waals surface area contributed by atoms with Crippen molar-refractivity contribution in [1.29, 1.82) is 0 Å². The van der Waals surface area contributed by atoms with Crippen LogP contribution in [-0.2, 0) is 11.3 Å². The standard InChI is InChI=1S/C21H30N4O3/c1-3-26-13-7-12-23-21(22-2)25-17-18-10-11-20(24-16-18)28-15-14-27-19-8-5-4-6-9-19/h4-6,8-11,16H,3,7,12-15,17H2,1-2H3,(H2,22,23,25). The van der Waals surface area contributed by atoms with Crippen LogP contribution in [0.3, 0.4) is 0 Å². The van der Waals surface area contributed by atoms with E-state index in [1.54, 1.807) is 13.2 Å².